The van der Waals surface area contributed by atoms with E-state index >= 15 is 0 Å². The number of urea groups is 1. The highest BCUT2D eigenvalue weighted by Crippen LogP contribution is 2.38. The summed E-state index contributed by atoms with van der Waals surface area (Å²) in [5.74, 6) is 1.06. The molecule has 1 aromatic heterocycles. The third-order valence-corrected chi connectivity index (χ3v) is 7.62. The quantitative estimate of drug-likeness (QED) is 0.0818. The van der Waals surface area contributed by atoms with E-state index in [2.05, 4.69) is 16.0 Å². The van der Waals surface area contributed by atoms with Gasteiger partial charge in [0.05, 0.1) is 17.3 Å². The highest BCUT2D eigenvalue weighted by Gasteiger charge is 2.30. The lowest BCUT2D eigenvalue weighted by Crippen LogP contribution is -2.41. The number of carbonyl (C=O) groups is 1. The standard InChI is InChI=1S/C33H40ClN7O3/c1-19(2)31(37)41-18-21(11-15-29(41)36)44-27-14-12-25(22-8-6-7-9-23(22)27)39-32(43)40-30(17-28(35)33(3,4)5)38-20-10-13-26(42)24(34)16-20/h6-11,13,15-19,25,27,35-38,42H,12,14H2,1-5H3,(H2,39,40,43)/b30-17+,35-28?,36-29?,37-31?. The molecule has 4 rings (SSSR count). The minimum atomic E-state index is -0.454. The van der Waals surface area contributed by atoms with Gasteiger partial charge in [-0.15, -0.1) is 0 Å². The average Bonchev–Trinajstić information content (AvgIpc) is 2.96. The first-order valence-electron chi connectivity index (χ1n) is 14.5. The number of halogens is 1. The smallest absolute Gasteiger partial charge is 0.320 e. The molecule has 0 fully saturated rings. The van der Waals surface area contributed by atoms with Gasteiger partial charge < -0.3 is 25.9 Å². The third kappa shape index (κ3) is 7.87. The van der Waals surface area contributed by atoms with Crippen molar-refractivity contribution in [3.8, 4) is 11.5 Å². The summed E-state index contributed by atoms with van der Waals surface area (Å²) in [6.07, 6.45) is 4.22. The van der Waals surface area contributed by atoms with E-state index in [9.17, 15) is 9.90 Å². The summed E-state index contributed by atoms with van der Waals surface area (Å²) in [6, 6.07) is 15.1. The third-order valence-electron chi connectivity index (χ3n) is 7.32. The second-order valence-electron chi connectivity index (χ2n) is 12.1. The number of anilines is 1. The summed E-state index contributed by atoms with van der Waals surface area (Å²) >= 11 is 6.08. The van der Waals surface area contributed by atoms with Crippen LogP contribution in [0.15, 0.2) is 72.7 Å². The van der Waals surface area contributed by atoms with Gasteiger partial charge in [-0.25, -0.2) is 4.79 Å². The molecule has 1 heterocycles. The highest BCUT2D eigenvalue weighted by molar-refractivity contribution is 6.32. The Morgan fingerprint density at radius 2 is 1.80 bits per heavy atom. The molecule has 1 aliphatic carbocycles. The van der Waals surface area contributed by atoms with E-state index in [0.717, 1.165) is 11.1 Å². The molecule has 3 aromatic rings. The topological polar surface area (TPSA) is 159 Å². The summed E-state index contributed by atoms with van der Waals surface area (Å²) in [6.45, 7) is 9.56. The molecule has 2 unspecified atom stereocenters. The first kappa shape index (κ1) is 32.3. The first-order valence-corrected chi connectivity index (χ1v) is 14.9. The number of amides is 2. The lowest BCUT2D eigenvalue weighted by Gasteiger charge is -2.32. The Morgan fingerprint density at radius 1 is 1.09 bits per heavy atom. The Balaban J connectivity index is 1.52. The number of phenolic OH excluding ortho intramolecular Hbond substituents is 1. The van der Waals surface area contributed by atoms with Crippen molar-refractivity contribution in [1.82, 2.24) is 15.2 Å². The molecule has 11 heteroatoms. The largest absolute Gasteiger partial charge is 0.506 e. The van der Waals surface area contributed by atoms with Gasteiger partial charge in [0.15, 0.2) is 0 Å². The number of allylic oxidation sites excluding steroid dienone is 1. The number of ether oxygens (including phenoxy) is 1. The number of hydrogen-bond donors (Lipinski definition) is 7. The number of nitrogens with one attached hydrogen (secondary N) is 6. The minimum Gasteiger partial charge on any atom is -0.506 e. The molecule has 1 aliphatic rings. The van der Waals surface area contributed by atoms with Gasteiger partial charge in [0.25, 0.3) is 0 Å². The number of pyridine rings is 1. The van der Waals surface area contributed by atoms with Gasteiger partial charge in [-0.2, -0.15) is 0 Å². The van der Waals surface area contributed by atoms with E-state index in [1.165, 1.54) is 16.7 Å². The second-order valence-corrected chi connectivity index (χ2v) is 12.5. The molecule has 232 valence electrons. The molecule has 7 N–H and O–H groups in total. The number of rotatable bonds is 8. The van der Waals surface area contributed by atoms with Crippen LogP contribution in [0.1, 0.15) is 70.7 Å². The van der Waals surface area contributed by atoms with Gasteiger partial charge in [0, 0.05) is 28.8 Å². The molecule has 0 radical (unpaired) electrons. The fourth-order valence-electron chi connectivity index (χ4n) is 4.74. The van der Waals surface area contributed by atoms with E-state index in [1.807, 2.05) is 58.9 Å². The molecule has 0 aliphatic heterocycles. The fourth-order valence-corrected chi connectivity index (χ4v) is 4.92. The summed E-state index contributed by atoms with van der Waals surface area (Å²) in [4.78, 5) is 13.3. The van der Waals surface area contributed by atoms with Crippen LogP contribution >= 0.6 is 11.6 Å². The van der Waals surface area contributed by atoms with Crippen LogP contribution in [0.2, 0.25) is 5.02 Å². The molecule has 0 spiro atoms. The van der Waals surface area contributed by atoms with Gasteiger partial charge >= 0.3 is 6.03 Å². The van der Waals surface area contributed by atoms with Crippen LogP contribution < -0.4 is 26.2 Å². The number of aromatic hydroxyl groups is 1. The number of carbonyl (C=O) groups excluding carboxylic acids is 1. The van der Waals surface area contributed by atoms with E-state index in [4.69, 9.17) is 32.6 Å². The van der Waals surface area contributed by atoms with Crippen molar-refractivity contribution in [2.75, 3.05) is 5.32 Å². The molecule has 0 saturated heterocycles. The van der Waals surface area contributed by atoms with Crippen LogP contribution in [0.4, 0.5) is 10.5 Å². The van der Waals surface area contributed by atoms with E-state index in [-0.39, 0.29) is 40.1 Å². The molecule has 2 aromatic carbocycles. The normalized spacial score (nSPS) is 16.6. The monoisotopic (exact) mass is 617 g/mol. The lowest BCUT2D eigenvalue weighted by atomic mass is 9.85. The summed E-state index contributed by atoms with van der Waals surface area (Å²) in [5.41, 5.74) is 2.48. The minimum absolute atomic E-state index is 0.0451. The summed E-state index contributed by atoms with van der Waals surface area (Å²) in [7, 11) is 0. The van der Waals surface area contributed by atoms with Crippen LogP contribution in [0.3, 0.4) is 0 Å². The van der Waals surface area contributed by atoms with Crippen LogP contribution in [0.5, 0.6) is 11.5 Å². The zero-order valence-electron chi connectivity index (χ0n) is 25.6. The number of fused-ring (bicyclic) bond motifs is 1. The Labute approximate surface area is 262 Å². The molecular formula is C33H40ClN7O3. The first-order chi connectivity index (χ1) is 20.7. The maximum Gasteiger partial charge on any atom is 0.320 e. The fraction of sp³-hybridized carbons (Fsp3) is 0.333. The van der Waals surface area contributed by atoms with Gasteiger partial charge in [-0.05, 0) is 54.3 Å². The number of nitrogens with zero attached hydrogens (tertiary/aromatic N) is 1. The number of hydrogen-bond acceptors (Lipinski definition) is 7. The highest BCUT2D eigenvalue weighted by atomic mass is 35.5. The van der Waals surface area contributed by atoms with Crippen molar-refractivity contribution in [2.45, 2.75) is 59.6 Å². The lowest BCUT2D eigenvalue weighted by molar-refractivity contribution is 0.171. The molecule has 2 amide bonds. The van der Waals surface area contributed by atoms with Gasteiger partial charge in [0.2, 0.25) is 0 Å². The molecular weight excluding hydrogens is 578 g/mol. The van der Waals surface area contributed by atoms with Gasteiger partial charge in [0.1, 0.15) is 34.7 Å². The zero-order valence-corrected chi connectivity index (χ0v) is 26.3. The van der Waals surface area contributed by atoms with Crippen molar-refractivity contribution in [3.63, 3.8) is 0 Å². The van der Waals surface area contributed by atoms with Gasteiger partial charge in [-0.1, -0.05) is 70.5 Å². The zero-order chi connectivity index (χ0) is 32.2. The van der Waals surface area contributed by atoms with Crippen LogP contribution in [-0.2, 0) is 0 Å². The predicted octanol–water partition coefficient (Wildman–Crippen LogP) is 7.08. The summed E-state index contributed by atoms with van der Waals surface area (Å²) in [5, 5.41) is 44.0. The molecule has 2 atom stereocenters. The van der Waals surface area contributed by atoms with E-state index in [1.54, 1.807) is 30.5 Å². The molecule has 0 saturated carbocycles. The molecule has 10 nitrogen and oxygen atoms in total. The number of aromatic nitrogens is 1. The van der Waals surface area contributed by atoms with E-state index in [0.29, 0.717) is 35.8 Å². The van der Waals surface area contributed by atoms with Gasteiger partial charge in [-0.3, -0.25) is 20.7 Å². The number of phenols is 1. The Kier molecular flexibility index (Phi) is 9.84. The van der Waals surface area contributed by atoms with Crippen molar-refractivity contribution in [1.29, 1.82) is 16.2 Å². The van der Waals surface area contributed by atoms with Crippen LogP contribution in [0.25, 0.3) is 0 Å². The van der Waals surface area contributed by atoms with Crippen LogP contribution in [-0.4, -0.2) is 27.3 Å². The maximum absolute atomic E-state index is 13.3. The van der Waals surface area contributed by atoms with Crippen molar-refractivity contribution >= 4 is 34.9 Å². The van der Waals surface area contributed by atoms with Crippen molar-refractivity contribution < 1.29 is 14.6 Å². The van der Waals surface area contributed by atoms with Crippen LogP contribution in [0, 0.1) is 27.6 Å². The SMILES string of the molecule is CC(C)C(=N)n1cc(OC2CCC(NC(=O)N/C(=C/C(=N)C(C)(C)C)Nc3ccc(O)c(Cl)c3)c3ccccc32)ccc1=N. The average molecular weight is 618 g/mol. The Hall–Kier alpha value is -4.57. The van der Waals surface area contributed by atoms with E-state index < -0.39 is 11.4 Å². The molecule has 0 bridgehead atoms. The predicted molar refractivity (Wildman–Crippen MR) is 174 cm³/mol. The Bertz CT molecular complexity index is 1660. The molecule has 44 heavy (non-hydrogen) atoms. The number of benzene rings is 2. The van der Waals surface area contributed by atoms with Crippen molar-refractivity contribution in [2.24, 2.45) is 11.3 Å². The maximum atomic E-state index is 13.3. The van der Waals surface area contributed by atoms with Crippen molar-refractivity contribution in [3.05, 3.63) is 94.3 Å². The summed E-state index contributed by atoms with van der Waals surface area (Å²) < 4.78 is 7.91. The Morgan fingerprint density at radius 3 is 2.45 bits per heavy atom. The second kappa shape index (κ2) is 13.4.